The van der Waals surface area contributed by atoms with Gasteiger partial charge in [-0.2, -0.15) is 0 Å². The quantitative estimate of drug-likeness (QED) is 0.483. The van der Waals surface area contributed by atoms with Gasteiger partial charge in [0.15, 0.2) is 0 Å². The van der Waals surface area contributed by atoms with E-state index in [0.717, 1.165) is 10.8 Å². The number of pyridine rings is 2. The highest BCUT2D eigenvalue weighted by molar-refractivity contribution is 8.14. The third-order valence-corrected chi connectivity index (χ3v) is 6.20. The Morgan fingerprint density at radius 2 is 1.18 bits per heavy atom. The molecule has 2 aromatic carbocycles. The summed E-state index contributed by atoms with van der Waals surface area (Å²) in [4.78, 5) is 8.06. The molecule has 0 saturated heterocycles. The Morgan fingerprint density at radius 1 is 0.714 bits per heavy atom. The molecule has 2 N–H and O–H groups in total. The van der Waals surface area contributed by atoms with Crippen LogP contribution in [0, 0.1) is 0 Å². The molecule has 0 spiro atoms. The van der Waals surface area contributed by atoms with Crippen LogP contribution in [0.25, 0.3) is 21.5 Å². The summed E-state index contributed by atoms with van der Waals surface area (Å²) in [6.45, 7) is 0. The molecule has 0 saturated carbocycles. The van der Waals surface area contributed by atoms with E-state index >= 15 is 0 Å². The zero-order valence-corrected chi connectivity index (χ0v) is 16.6. The first-order valence-corrected chi connectivity index (χ1v) is 11.7. The molecule has 2 aromatic heterocycles. The lowest BCUT2D eigenvalue weighted by Gasteiger charge is -2.02. The van der Waals surface area contributed by atoms with Crippen LogP contribution in [0.15, 0.2) is 83.1 Å². The van der Waals surface area contributed by atoms with Gasteiger partial charge in [0, 0.05) is 57.0 Å². The van der Waals surface area contributed by atoms with E-state index in [1.54, 1.807) is 48.8 Å². The van der Waals surface area contributed by atoms with Gasteiger partial charge < -0.3 is 0 Å². The summed E-state index contributed by atoms with van der Waals surface area (Å²) in [6.07, 6.45) is 6.27. The molecule has 0 fully saturated rings. The number of aromatic nitrogens is 2. The molecule has 0 unspecified atom stereocenters. The summed E-state index contributed by atoms with van der Waals surface area (Å²) < 4.78 is 44.8. The van der Waals surface area contributed by atoms with E-state index in [2.05, 4.69) is 9.97 Å². The Hall–Kier alpha value is -2.59. The Bertz CT molecular complexity index is 1260. The van der Waals surface area contributed by atoms with Crippen LogP contribution in [-0.2, 0) is 19.1 Å². The first kappa shape index (κ1) is 20.2. The van der Waals surface area contributed by atoms with E-state index in [0.29, 0.717) is 10.8 Å². The third kappa shape index (κ3) is 4.45. The highest BCUT2D eigenvalue weighted by Crippen LogP contribution is 2.24. The van der Waals surface area contributed by atoms with Gasteiger partial charge in [-0.05, 0) is 24.3 Å². The van der Waals surface area contributed by atoms with Crippen molar-refractivity contribution in [3.63, 3.8) is 0 Å². The van der Waals surface area contributed by atoms with Crippen LogP contribution in [-0.4, -0.2) is 26.8 Å². The maximum absolute atomic E-state index is 11.2. The molecule has 0 bridgehead atoms. The molecule has 0 aliphatic carbocycles. The van der Waals surface area contributed by atoms with E-state index < -0.39 is 19.1 Å². The van der Waals surface area contributed by atoms with Gasteiger partial charge in [0.2, 0.25) is 10.0 Å². The van der Waals surface area contributed by atoms with Crippen LogP contribution in [0.2, 0.25) is 0 Å². The number of halogens is 1. The van der Waals surface area contributed by atoms with E-state index in [4.69, 9.17) is 15.8 Å². The molecular weight excluding hydrogens is 422 g/mol. The fourth-order valence-electron chi connectivity index (χ4n) is 2.65. The molecule has 4 rings (SSSR count). The highest BCUT2D eigenvalue weighted by atomic mass is 35.7. The monoisotopic (exact) mass is 435 g/mol. The largest absolute Gasteiger partial charge is 0.264 e. The third-order valence-electron chi connectivity index (χ3n) is 3.85. The van der Waals surface area contributed by atoms with Crippen LogP contribution in [0.3, 0.4) is 0 Å². The Labute approximate surface area is 166 Å². The first-order valence-electron chi connectivity index (χ1n) is 7.81. The lowest BCUT2D eigenvalue weighted by Crippen LogP contribution is -2.12. The molecule has 0 amide bonds. The average molecular weight is 436 g/mol. The van der Waals surface area contributed by atoms with Crippen LogP contribution in [0.1, 0.15) is 0 Å². The fraction of sp³-hybridized carbons (Fsp3) is 0. The van der Waals surface area contributed by atoms with Gasteiger partial charge in [-0.25, -0.2) is 22.0 Å². The van der Waals surface area contributed by atoms with Crippen molar-refractivity contribution >= 4 is 51.3 Å². The summed E-state index contributed by atoms with van der Waals surface area (Å²) in [5.74, 6) is 0. The molecule has 0 aliphatic heterocycles. The predicted molar refractivity (Wildman–Crippen MR) is 108 cm³/mol. The number of sulfonamides is 1. The van der Waals surface area contributed by atoms with Crippen molar-refractivity contribution in [2.45, 2.75) is 9.79 Å². The van der Waals surface area contributed by atoms with Gasteiger partial charge in [-0.3, -0.25) is 9.97 Å². The second kappa shape index (κ2) is 7.80. The minimum absolute atomic E-state index is 0.124. The standard InChI is InChI=1S/C9H6ClNO2S.C9H8N2O2S/c2*10-14(12,13)9-3-1-2-7-6-11-5-4-8(7)9/h1-6H;1-6H,(H2,10,12,13). The molecule has 7 nitrogen and oxygen atoms in total. The topological polar surface area (TPSA) is 120 Å². The Morgan fingerprint density at radius 3 is 1.64 bits per heavy atom. The zero-order chi connectivity index (χ0) is 20.4. The lowest BCUT2D eigenvalue weighted by atomic mass is 10.2. The minimum Gasteiger partial charge on any atom is -0.264 e. The second-order valence-corrected chi connectivity index (χ2v) is 9.75. The normalized spacial score (nSPS) is 11.8. The summed E-state index contributed by atoms with van der Waals surface area (Å²) in [5, 5.41) is 7.79. The van der Waals surface area contributed by atoms with Crippen LogP contribution in [0.5, 0.6) is 0 Å². The second-order valence-electron chi connectivity index (χ2n) is 5.69. The van der Waals surface area contributed by atoms with Crippen molar-refractivity contribution in [1.29, 1.82) is 0 Å². The predicted octanol–water partition coefficient (Wildman–Crippen LogP) is 3.04. The van der Waals surface area contributed by atoms with Crippen molar-refractivity contribution in [3.8, 4) is 0 Å². The van der Waals surface area contributed by atoms with Crippen LogP contribution in [0.4, 0.5) is 0 Å². The van der Waals surface area contributed by atoms with Gasteiger partial charge in [-0.1, -0.05) is 24.3 Å². The number of hydrogen-bond acceptors (Lipinski definition) is 6. The van der Waals surface area contributed by atoms with Gasteiger partial charge in [0.05, 0.1) is 9.79 Å². The van der Waals surface area contributed by atoms with Gasteiger partial charge >= 0.3 is 0 Å². The number of primary sulfonamides is 1. The first-order chi connectivity index (χ1) is 13.2. The van der Waals surface area contributed by atoms with Crippen LogP contribution < -0.4 is 5.14 Å². The zero-order valence-electron chi connectivity index (χ0n) is 14.2. The van der Waals surface area contributed by atoms with Crippen molar-refractivity contribution in [2.24, 2.45) is 5.14 Å². The summed E-state index contributed by atoms with van der Waals surface area (Å²) >= 11 is 0. The van der Waals surface area contributed by atoms with E-state index in [1.807, 2.05) is 0 Å². The van der Waals surface area contributed by atoms with Crippen molar-refractivity contribution in [1.82, 2.24) is 9.97 Å². The SMILES string of the molecule is NS(=O)(=O)c1cccc2cnccc12.O=S(=O)(Cl)c1cccc2cnccc12. The minimum atomic E-state index is -3.68. The smallest absolute Gasteiger partial charge is 0.261 e. The lowest BCUT2D eigenvalue weighted by molar-refractivity contribution is 0.598. The molecule has 0 radical (unpaired) electrons. The molecule has 144 valence electrons. The fourth-order valence-corrected chi connectivity index (χ4v) is 4.50. The van der Waals surface area contributed by atoms with Crippen LogP contribution >= 0.6 is 10.7 Å². The summed E-state index contributed by atoms with van der Waals surface area (Å²) in [6, 6.07) is 13.1. The molecule has 10 heteroatoms. The Balaban J connectivity index is 0.000000161. The highest BCUT2D eigenvalue weighted by Gasteiger charge is 2.13. The number of nitrogens with zero attached hydrogens (tertiary/aromatic N) is 2. The number of benzene rings is 2. The number of hydrogen-bond donors (Lipinski definition) is 1. The maximum Gasteiger partial charge on any atom is 0.261 e. The molecule has 2 heterocycles. The van der Waals surface area contributed by atoms with E-state index in [-0.39, 0.29) is 9.79 Å². The van der Waals surface area contributed by atoms with E-state index in [1.165, 1.54) is 24.5 Å². The molecule has 28 heavy (non-hydrogen) atoms. The molecule has 0 aliphatic rings. The number of rotatable bonds is 2. The summed E-state index contributed by atoms with van der Waals surface area (Å²) in [7, 11) is -2.05. The Kier molecular flexibility index (Phi) is 5.61. The summed E-state index contributed by atoms with van der Waals surface area (Å²) in [5.41, 5.74) is 0. The van der Waals surface area contributed by atoms with E-state index in [9.17, 15) is 16.8 Å². The average Bonchev–Trinajstić information content (AvgIpc) is 2.66. The van der Waals surface area contributed by atoms with Crippen molar-refractivity contribution in [2.75, 3.05) is 0 Å². The van der Waals surface area contributed by atoms with Crippen molar-refractivity contribution in [3.05, 3.63) is 73.3 Å². The van der Waals surface area contributed by atoms with Gasteiger partial charge in [-0.15, -0.1) is 0 Å². The van der Waals surface area contributed by atoms with Gasteiger partial charge in [0.1, 0.15) is 0 Å². The van der Waals surface area contributed by atoms with Gasteiger partial charge in [0.25, 0.3) is 9.05 Å². The molecular formula is C18H14ClN3O4S2. The maximum atomic E-state index is 11.2. The number of nitrogens with two attached hydrogens (primary N) is 1. The van der Waals surface area contributed by atoms with Crippen molar-refractivity contribution < 1.29 is 16.8 Å². The molecule has 0 atom stereocenters. The molecule has 4 aromatic rings. The number of fused-ring (bicyclic) bond motifs is 2.